The SMILES string of the molecule is O=C(O)c1c(Cl)ccc2c1NCC2. The van der Waals surface area contributed by atoms with Crippen LogP contribution in [0.25, 0.3) is 0 Å². The van der Waals surface area contributed by atoms with Gasteiger partial charge in [-0.05, 0) is 18.1 Å². The maximum absolute atomic E-state index is 10.9. The summed E-state index contributed by atoms with van der Waals surface area (Å²) in [6.07, 6.45) is 0.868. The molecule has 2 N–H and O–H groups in total. The third kappa shape index (κ3) is 1.25. The van der Waals surface area contributed by atoms with E-state index in [9.17, 15) is 4.79 Å². The molecule has 0 saturated heterocycles. The van der Waals surface area contributed by atoms with Crippen LogP contribution in [0.4, 0.5) is 5.69 Å². The van der Waals surface area contributed by atoms with Gasteiger partial charge in [0.2, 0.25) is 0 Å². The van der Waals surface area contributed by atoms with Crippen molar-refractivity contribution in [3.05, 3.63) is 28.3 Å². The number of carboxylic acids is 1. The van der Waals surface area contributed by atoms with E-state index in [0.29, 0.717) is 10.7 Å². The van der Waals surface area contributed by atoms with Gasteiger partial charge in [-0.15, -0.1) is 0 Å². The molecule has 0 radical (unpaired) electrons. The van der Waals surface area contributed by atoms with Gasteiger partial charge in [-0.25, -0.2) is 4.79 Å². The van der Waals surface area contributed by atoms with E-state index in [2.05, 4.69) is 5.32 Å². The molecule has 0 saturated carbocycles. The lowest BCUT2D eigenvalue weighted by atomic mass is 10.1. The highest BCUT2D eigenvalue weighted by atomic mass is 35.5. The molecule has 0 amide bonds. The van der Waals surface area contributed by atoms with Crippen LogP contribution in [0.5, 0.6) is 0 Å². The van der Waals surface area contributed by atoms with E-state index in [1.165, 1.54) is 0 Å². The van der Waals surface area contributed by atoms with Crippen molar-refractivity contribution in [1.29, 1.82) is 0 Å². The average molecular weight is 198 g/mol. The van der Waals surface area contributed by atoms with E-state index in [-0.39, 0.29) is 5.56 Å². The Balaban J connectivity index is 2.65. The van der Waals surface area contributed by atoms with Gasteiger partial charge in [-0.1, -0.05) is 17.7 Å². The van der Waals surface area contributed by atoms with Gasteiger partial charge in [0.25, 0.3) is 0 Å². The molecule has 13 heavy (non-hydrogen) atoms. The van der Waals surface area contributed by atoms with Crippen molar-refractivity contribution in [3.8, 4) is 0 Å². The number of rotatable bonds is 1. The highest BCUT2D eigenvalue weighted by molar-refractivity contribution is 6.34. The van der Waals surface area contributed by atoms with E-state index < -0.39 is 5.97 Å². The Morgan fingerprint density at radius 3 is 3.00 bits per heavy atom. The summed E-state index contributed by atoms with van der Waals surface area (Å²) in [5, 5.41) is 12.2. The normalized spacial score (nSPS) is 13.6. The summed E-state index contributed by atoms with van der Waals surface area (Å²) >= 11 is 5.78. The molecule has 1 heterocycles. The van der Waals surface area contributed by atoms with Crippen LogP contribution in [-0.4, -0.2) is 17.6 Å². The van der Waals surface area contributed by atoms with E-state index in [1.807, 2.05) is 6.07 Å². The molecule has 1 aromatic rings. The zero-order valence-electron chi connectivity index (χ0n) is 6.80. The number of hydrogen-bond acceptors (Lipinski definition) is 2. The fraction of sp³-hybridized carbons (Fsp3) is 0.222. The summed E-state index contributed by atoms with van der Waals surface area (Å²) in [5.74, 6) is -0.976. The molecule has 0 aromatic heterocycles. The number of aromatic carboxylic acids is 1. The monoisotopic (exact) mass is 197 g/mol. The Morgan fingerprint density at radius 1 is 1.54 bits per heavy atom. The van der Waals surface area contributed by atoms with Crippen molar-refractivity contribution in [1.82, 2.24) is 0 Å². The molecule has 4 heteroatoms. The lowest BCUT2D eigenvalue weighted by molar-refractivity contribution is 0.0698. The number of carbonyl (C=O) groups is 1. The van der Waals surface area contributed by atoms with Crippen LogP contribution in [0.3, 0.4) is 0 Å². The van der Waals surface area contributed by atoms with Gasteiger partial charge in [0.15, 0.2) is 0 Å². The second-order valence-electron chi connectivity index (χ2n) is 2.94. The second-order valence-corrected chi connectivity index (χ2v) is 3.35. The van der Waals surface area contributed by atoms with Crippen LogP contribution in [0.1, 0.15) is 15.9 Å². The predicted molar refractivity (Wildman–Crippen MR) is 50.6 cm³/mol. The van der Waals surface area contributed by atoms with E-state index in [1.54, 1.807) is 6.07 Å². The Labute approximate surface area is 80.3 Å². The largest absolute Gasteiger partial charge is 0.478 e. The molecule has 1 aliphatic heterocycles. The number of carboxylic acid groups (broad SMARTS) is 1. The molecule has 1 aliphatic rings. The number of hydrogen-bond donors (Lipinski definition) is 2. The van der Waals surface area contributed by atoms with Crippen molar-refractivity contribution in [2.45, 2.75) is 6.42 Å². The fourth-order valence-electron chi connectivity index (χ4n) is 1.56. The molecule has 0 unspecified atom stereocenters. The molecule has 0 atom stereocenters. The van der Waals surface area contributed by atoms with E-state index >= 15 is 0 Å². The summed E-state index contributed by atoms with van der Waals surface area (Å²) < 4.78 is 0. The Kier molecular flexibility index (Phi) is 1.88. The van der Waals surface area contributed by atoms with E-state index in [0.717, 1.165) is 18.5 Å². The van der Waals surface area contributed by atoms with Crippen molar-refractivity contribution in [2.75, 3.05) is 11.9 Å². The minimum absolute atomic E-state index is 0.191. The molecule has 0 fully saturated rings. The average Bonchev–Trinajstić information content (AvgIpc) is 2.50. The Morgan fingerprint density at radius 2 is 2.31 bits per heavy atom. The fourth-order valence-corrected chi connectivity index (χ4v) is 1.80. The van der Waals surface area contributed by atoms with Gasteiger partial charge in [0, 0.05) is 6.54 Å². The lowest BCUT2D eigenvalue weighted by Crippen LogP contribution is -2.03. The first-order valence-corrected chi connectivity index (χ1v) is 4.36. The Bertz CT molecular complexity index is 376. The molecule has 0 spiro atoms. The molecule has 68 valence electrons. The Hall–Kier alpha value is -1.22. The van der Waals surface area contributed by atoms with Gasteiger partial charge in [0.05, 0.1) is 10.7 Å². The number of anilines is 1. The maximum Gasteiger partial charge on any atom is 0.339 e. The van der Waals surface area contributed by atoms with Gasteiger partial charge in [0.1, 0.15) is 5.56 Å². The molecular formula is C9H8ClNO2. The van der Waals surface area contributed by atoms with Crippen molar-refractivity contribution < 1.29 is 9.90 Å². The first-order valence-electron chi connectivity index (χ1n) is 3.98. The number of fused-ring (bicyclic) bond motifs is 1. The van der Waals surface area contributed by atoms with Gasteiger partial charge in [-0.2, -0.15) is 0 Å². The highest BCUT2D eigenvalue weighted by Crippen LogP contribution is 2.31. The summed E-state index contributed by atoms with van der Waals surface area (Å²) in [6.45, 7) is 0.788. The lowest BCUT2D eigenvalue weighted by Gasteiger charge is -2.05. The first kappa shape index (κ1) is 8.38. The third-order valence-corrected chi connectivity index (χ3v) is 2.47. The summed E-state index contributed by atoms with van der Waals surface area (Å²) in [5.41, 5.74) is 1.90. The number of halogens is 1. The number of benzene rings is 1. The predicted octanol–water partition coefficient (Wildman–Crippen LogP) is 2.01. The molecule has 0 aliphatic carbocycles. The molecule has 2 rings (SSSR count). The van der Waals surface area contributed by atoms with Crippen LogP contribution in [0, 0.1) is 0 Å². The topological polar surface area (TPSA) is 49.3 Å². The molecular weight excluding hydrogens is 190 g/mol. The molecule has 1 aromatic carbocycles. The quantitative estimate of drug-likeness (QED) is 0.724. The third-order valence-electron chi connectivity index (χ3n) is 2.15. The summed E-state index contributed by atoms with van der Waals surface area (Å²) in [7, 11) is 0. The van der Waals surface area contributed by atoms with Crippen molar-refractivity contribution in [2.24, 2.45) is 0 Å². The first-order chi connectivity index (χ1) is 6.20. The van der Waals surface area contributed by atoms with Crippen molar-refractivity contribution in [3.63, 3.8) is 0 Å². The van der Waals surface area contributed by atoms with Crippen molar-refractivity contribution >= 4 is 23.3 Å². The van der Waals surface area contributed by atoms with Crippen LogP contribution >= 0.6 is 11.6 Å². The minimum Gasteiger partial charge on any atom is -0.478 e. The maximum atomic E-state index is 10.9. The smallest absolute Gasteiger partial charge is 0.339 e. The van der Waals surface area contributed by atoms with Gasteiger partial charge >= 0.3 is 5.97 Å². The number of nitrogens with one attached hydrogen (secondary N) is 1. The molecule has 3 nitrogen and oxygen atoms in total. The standard InChI is InChI=1S/C9H8ClNO2/c10-6-2-1-5-3-4-11-8(5)7(6)9(12)13/h1-2,11H,3-4H2,(H,12,13). The van der Waals surface area contributed by atoms with Crippen LogP contribution in [-0.2, 0) is 6.42 Å². The molecule has 0 bridgehead atoms. The van der Waals surface area contributed by atoms with Crippen LogP contribution in [0.2, 0.25) is 5.02 Å². The highest BCUT2D eigenvalue weighted by Gasteiger charge is 2.20. The second kappa shape index (κ2) is 2.92. The van der Waals surface area contributed by atoms with Crippen LogP contribution < -0.4 is 5.32 Å². The zero-order valence-corrected chi connectivity index (χ0v) is 7.56. The summed E-state index contributed by atoms with van der Waals surface area (Å²) in [6, 6.07) is 3.50. The minimum atomic E-state index is -0.976. The van der Waals surface area contributed by atoms with Gasteiger partial charge in [-0.3, -0.25) is 0 Å². The van der Waals surface area contributed by atoms with Gasteiger partial charge < -0.3 is 10.4 Å². The van der Waals surface area contributed by atoms with E-state index in [4.69, 9.17) is 16.7 Å². The zero-order chi connectivity index (χ0) is 9.42. The summed E-state index contributed by atoms with van der Waals surface area (Å²) in [4.78, 5) is 10.9. The van der Waals surface area contributed by atoms with Crippen LogP contribution in [0.15, 0.2) is 12.1 Å².